The van der Waals surface area contributed by atoms with Crippen LogP contribution in [-0.4, -0.2) is 34.6 Å². The van der Waals surface area contributed by atoms with Crippen molar-refractivity contribution < 1.29 is 9.90 Å². The number of carbonyl (C=O) groups is 1. The zero-order chi connectivity index (χ0) is 12.6. The van der Waals surface area contributed by atoms with Gasteiger partial charge in [0.1, 0.15) is 0 Å². The smallest absolute Gasteiger partial charge is 0.317 e. The number of hydrogen-bond donors (Lipinski definition) is 1. The molecule has 0 aliphatic carbocycles. The molecule has 0 aromatic carbocycles. The minimum atomic E-state index is -0.713. The molecule has 0 saturated carbocycles. The first-order chi connectivity index (χ1) is 7.56. The van der Waals surface area contributed by atoms with Gasteiger partial charge in [0.15, 0.2) is 0 Å². The Morgan fingerprint density at radius 2 is 1.88 bits per heavy atom. The lowest BCUT2D eigenvalue weighted by Gasteiger charge is -2.34. The van der Waals surface area contributed by atoms with Crippen molar-refractivity contribution in [3.05, 3.63) is 0 Å². The van der Waals surface area contributed by atoms with Crippen LogP contribution >= 0.6 is 0 Å². The van der Waals surface area contributed by atoms with E-state index in [1.54, 1.807) is 0 Å². The maximum Gasteiger partial charge on any atom is 0.317 e. The second-order valence-corrected chi connectivity index (χ2v) is 4.53. The summed E-state index contributed by atoms with van der Waals surface area (Å²) in [7, 11) is 0. The summed E-state index contributed by atoms with van der Waals surface area (Å²) in [6.07, 6.45) is 5.53. The van der Waals surface area contributed by atoms with Crippen LogP contribution in [0.1, 0.15) is 59.8 Å². The Bertz CT molecular complexity index is 194. The van der Waals surface area contributed by atoms with E-state index in [-0.39, 0.29) is 6.54 Å². The summed E-state index contributed by atoms with van der Waals surface area (Å²) in [5.41, 5.74) is 0. The lowest BCUT2D eigenvalue weighted by molar-refractivity contribution is -0.139. The predicted molar refractivity (Wildman–Crippen MR) is 67.7 cm³/mol. The molecule has 16 heavy (non-hydrogen) atoms. The van der Waals surface area contributed by atoms with Gasteiger partial charge in [0.05, 0.1) is 6.54 Å². The number of aliphatic carboxylic acids is 1. The van der Waals surface area contributed by atoms with Crippen LogP contribution in [0.3, 0.4) is 0 Å². The fourth-order valence-electron chi connectivity index (χ4n) is 2.08. The van der Waals surface area contributed by atoms with Crippen molar-refractivity contribution in [2.45, 2.75) is 71.9 Å². The van der Waals surface area contributed by atoms with Crippen LogP contribution in [0.2, 0.25) is 0 Å². The van der Waals surface area contributed by atoms with Gasteiger partial charge in [-0.2, -0.15) is 0 Å². The van der Waals surface area contributed by atoms with Gasteiger partial charge in [-0.3, -0.25) is 9.69 Å². The average molecular weight is 229 g/mol. The Morgan fingerprint density at radius 3 is 2.25 bits per heavy atom. The molecule has 1 N–H and O–H groups in total. The standard InChI is InChI=1S/C13H27NO2/c1-5-8-9-12(7-3)14(10-13(15)16)11(4)6-2/h11-12H,5-10H2,1-4H3,(H,15,16). The first-order valence-electron chi connectivity index (χ1n) is 6.54. The third kappa shape index (κ3) is 5.50. The molecule has 2 atom stereocenters. The van der Waals surface area contributed by atoms with Gasteiger partial charge in [0.25, 0.3) is 0 Å². The second-order valence-electron chi connectivity index (χ2n) is 4.53. The predicted octanol–water partition coefficient (Wildman–Crippen LogP) is 3.14. The lowest BCUT2D eigenvalue weighted by Crippen LogP contribution is -2.44. The normalized spacial score (nSPS) is 15.1. The monoisotopic (exact) mass is 229 g/mol. The van der Waals surface area contributed by atoms with Crippen molar-refractivity contribution in [3.8, 4) is 0 Å². The van der Waals surface area contributed by atoms with Crippen LogP contribution in [0, 0.1) is 0 Å². The molecular weight excluding hydrogens is 202 g/mol. The summed E-state index contributed by atoms with van der Waals surface area (Å²) in [5.74, 6) is -0.713. The van der Waals surface area contributed by atoms with E-state index in [1.807, 2.05) is 0 Å². The topological polar surface area (TPSA) is 40.5 Å². The molecule has 0 radical (unpaired) electrons. The summed E-state index contributed by atoms with van der Waals surface area (Å²) in [5, 5.41) is 8.96. The highest BCUT2D eigenvalue weighted by molar-refractivity contribution is 5.69. The Labute approximate surface area is 99.8 Å². The Balaban J connectivity index is 4.48. The number of rotatable bonds is 9. The van der Waals surface area contributed by atoms with E-state index in [9.17, 15) is 4.79 Å². The number of hydrogen-bond acceptors (Lipinski definition) is 2. The largest absolute Gasteiger partial charge is 0.480 e. The van der Waals surface area contributed by atoms with Gasteiger partial charge < -0.3 is 5.11 Å². The molecule has 0 amide bonds. The molecule has 0 aromatic heterocycles. The molecule has 0 saturated heterocycles. The van der Waals surface area contributed by atoms with E-state index in [2.05, 4.69) is 32.6 Å². The van der Waals surface area contributed by atoms with Crippen molar-refractivity contribution >= 4 is 5.97 Å². The molecule has 0 spiro atoms. The van der Waals surface area contributed by atoms with Crippen LogP contribution in [0.25, 0.3) is 0 Å². The fourth-order valence-corrected chi connectivity index (χ4v) is 2.08. The third-order valence-electron chi connectivity index (χ3n) is 3.31. The van der Waals surface area contributed by atoms with Crippen LogP contribution in [-0.2, 0) is 4.79 Å². The van der Waals surface area contributed by atoms with E-state index >= 15 is 0 Å². The first kappa shape index (κ1) is 15.4. The van der Waals surface area contributed by atoms with Gasteiger partial charge in [-0.05, 0) is 26.2 Å². The summed E-state index contributed by atoms with van der Waals surface area (Å²) >= 11 is 0. The summed E-state index contributed by atoms with van der Waals surface area (Å²) in [6, 6.07) is 0.781. The van der Waals surface area contributed by atoms with Crippen molar-refractivity contribution in [1.29, 1.82) is 0 Å². The molecule has 0 heterocycles. The Kier molecular flexibility index (Phi) is 8.26. The van der Waals surface area contributed by atoms with E-state index in [0.29, 0.717) is 12.1 Å². The highest BCUT2D eigenvalue weighted by atomic mass is 16.4. The molecule has 0 aromatic rings. The van der Waals surface area contributed by atoms with Crippen molar-refractivity contribution in [1.82, 2.24) is 4.90 Å². The Morgan fingerprint density at radius 1 is 1.25 bits per heavy atom. The van der Waals surface area contributed by atoms with Crippen molar-refractivity contribution in [3.63, 3.8) is 0 Å². The molecule has 96 valence electrons. The van der Waals surface area contributed by atoms with Crippen LogP contribution in [0.5, 0.6) is 0 Å². The van der Waals surface area contributed by atoms with Gasteiger partial charge in [-0.15, -0.1) is 0 Å². The molecule has 0 bridgehead atoms. The van der Waals surface area contributed by atoms with E-state index < -0.39 is 5.97 Å². The molecule has 2 unspecified atom stereocenters. The quantitative estimate of drug-likeness (QED) is 0.660. The van der Waals surface area contributed by atoms with Crippen LogP contribution in [0.15, 0.2) is 0 Å². The van der Waals surface area contributed by atoms with Gasteiger partial charge >= 0.3 is 5.97 Å². The number of carboxylic acids is 1. The summed E-state index contributed by atoms with van der Waals surface area (Å²) < 4.78 is 0. The number of carboxylic acid groups (broad SMARTS) is 1. The number of nitrogens with zero attached hydrogens (tertiary/aromatic N) is 1. The number of unbranched alkanes of at least 4 members (excludes halogenated alkanes) is 1. The molecule has 0 rings (SSSR count). The summed E-state index contributed by atoms with van der Waals surface area (Å²) in [6.45, 7) is 8.75. The maximum absolute atomic E-state index is 10.9. The van der Waals surface area contributed by atoms with Crippen molar-refractivity contribution in [2.24, 2.45) is 0 Å². The molecule has 3 heteroatoms. The minimum absolute atomic E-state index is 0.178. The maximum atomic E-state index is 10.9. The second kappa shape index (κ2) is 8.57. The highest BCUT2D eigenvalue weighted by Crippen LogP contribution is 2.17. The van der Waals surface area contributed by atoms with Crippen LogP contribution in [0.4, 0.5) is 0 Å². The lowest BCUT2D eigenvalue weighted by atomic mass is 10.0. The zero-order valence-corrected chi connectivity index (χ0v) is 11.2. The average Bonchev–Trinajstić information content (AvgIpc) is 2.27. The van der Waals surface area contributed by atoms with E-state index in [0.717, 1.165) is 19.3 Å². The Hall–Kier alpha value is -0.570. The molecule has 0 aliphatic heterocycles. The molecule has 0 fully saturated rings. The van der Waals surface area contributed by atoms with E-state index in [1.165, 1.54) is 12.8 Å². The summed E-state index contributed by atoms with van der Waals surface area (Å²) in [4.78, 5) is 13.0. The molecular formula is C13H27NO2. The van der Waals surface area contributed by atoms with Gasteiger partial charge in [0, 0.05) is 12.1 Å². The molecule has 0 aliphatic rings. The van der Waals surface area contributed by atoms with Gasteiger partial charge in [-0.1, -0.05) is 33.6 Å². The fraction of sp³-hybridized carbons (Fsp3) is 0.923. The third-order valence-corrected chi connectivity index (χ3v) is 3.31. The highest BCUT2D eigenvalue weighted by Gasteiger charge is 2.22. The minimum Gasteiger partial charge on any atom is -0.480 e. The SMILES string of the molecule is CCCCC(CC)N(CC(=O)O)C(C)CC. The first-order valence-corrected chi connectivity index (χ1v) is 6.54. The van der Waals surface area contributed by atoms with E-state index in [4.69, 9.17) is 5.11 Å². The van der Waals surface area contributed by atoms with Crippen molar-refractivity contribution in [2.75, 3.05) is 6.54 Å². The zero-order valence-electron chi connectivity index (χ0n) is 11.2. The van der Waals surface area contributed by atoms with Gasteiger partial charge in [-0.25, -0.2) is 0 Å². The van der Waals surface area contributed by atoms with Gasteiger partial charge in [0.2, 0.25) is 0 Å². The van der Waals surface area contributed by atoms with Crippen LogP contribution < -0.4 is 0 Å². The molecule has 3 nitrogen and oxygen atoms in total.